The molecule has 7 atom stereocenters. The van der Waals surface area contributed by atoms with Crippen molar-refractivity contribution in [3.63, 3.8) is 0 Å². The van der Waals surface area contributed by atoms with Gasteiger partial charge in [-0.25, -0.2) is 4.39 Å². The van der Waals surface area contributed by atoms with Crippen LogP contribution in [-0.2, 0) is 9.36 Å². The van der Waals surface area contributed by atoms with Gasteiger partial charge in [0.25, 0.3) is 0 Å². The summed E-state index contributed by atoms with van der Waals surface area (Å²) in [5.74, 6) is 0.121. The summed E-state index contributed by atoms with van der Waals surface area (Å²) in [6.07, 6.45) is 7.96. The first-order valence-corrected chi connectivity index (χ1v) is 13.6. The predicted octanol–water partition coefficient (Wildman–Crippen LogP) is 5.53. The third-order valence-electron chi connectivity index (χ3n) is 9.48. The topological polar surface area (TPSA) is 86.6 Å². The highest BCUT2D eigenvalue weighted by molar-refractivity contribution is 7.56. The molecule has 31 heavy (non-hydrogen) atoms. The molecule has 0 aromatic rings. The quantitative estimate of drug-likeness (QED) is 0.478. The van der Waals surface area contributed by atoms with Gasteiger partial charge in [-0.1, -0.05) is 41.0 Å². The molecule has 0 saturated heterocycles. The summed E-state index contributed by atoms with van der Waals surface area (Å²) < 4.78 is 28.2. The fourth-order valence-corrected chi connectivity index (χ4v) is 8.87. The van der Waals surface area contributed by atoms with Gasteiger partial charge in [0.15, 0.2) is 0 Å². The second-order valence-electron chi connectivity index (χ2n) is 12.4. The zero-order chi connectivity index (χ0) is 23.0. The molecule has 3 N–H and O–H groups in total. The molecular formula is C24H39FNO4P. The molecule has 0 spiro atoms. The summed E-state index contributed by atoms with van der Waals surface area (Å²) in [6.45, 7) is 9.82. The summed E-state index contributed by atoms with van der Waals surface area (Å²) in [5.41, 5.74) is -0.727. The van der Waals surface area contributed by atoms with Crippen LogP contribution < -0.4 is 5.32 Å². The van der Waals surface area contributed by atoms with Crippen molar-refractivity contribution in [3.8, 4) is 0 Å². The highest BCUT2D eigenvalue weighted by Gasteiger charge is 2.61. The van der Waals surface area contributed by atoms with Crippen molar-refractivity contribution in [1.82, 2.24) is 5.32 Å². The smallest absolute Gasteiger partial charge is 0.348 e. The number of carbonyl (C=O) groups excluding carboxylic acids is 1. The average molecular weight is 456 g/mol. The van der Waals surface area contributed by atoms with Crippen LogP contribution in [0.5, 0.6) is 0 Å². The Hall–Kier alpha value is -0.710. The van der Waals surface area contributed by atoms with Crippen LogP contribution >= 0.6 is 7.60 Å². The third kappa shape index (κ3) is 3.75. The third-order valence-corrected chi connectivity index (χ3v) is 10.6. The molecule has 0 aromatic carbocycles. The van der Waals surface area contributed by atoms with E-state index in [4.69, 9.17) is 0 Å². The number of nitrogens with one attached hydrogen (secondary N) is 1. The number of hydrogen-bond donors (Lipinski definition) is 3. The Kier molecular flexibility index (Phi) is 5.60. The number of rotatable bonds is 2. The molecule has 176 valence electrons. The summed E-state index contributed by atoms with van der Waals surface area (Å²) >= 11 is 0. The molecule has 1 amide bonds. The predicted molar refractivity (Wildman–Crippen MR) is 119 cm³/mol. The van der Waals surface area contributed by atoms with Crippen LogP contribution in [0.15, 0.2) is 11.1 Å². The molecule has 0 aromatic heterocycles. The van der Waals surface area contributed by atoms with Crippen molar-refractivity contribution < 1.29 is 23.5 Å². The first-order chi connectivity index (χ1) is 14.2. The standard InChI is InChI=1S/C24H39FNO4P/c1-22(2,3)21(27)26-18-13-24(5)16-10-12-23(4)11-6-7-15(23)14(16)8-9-17(24)19(25)20(18)31(28,29)30/h14-18H,6-13H2,1-5H3,(H,26,27)(H2,28,29,30)/t14?,15?,16?,17-,18?,23-,24+/m0/s1. The van der Waals surface area contributed by atoms with Gasteiger partial charge in [0.05, 0.1) is 11.4 Å². The second-order valence-corrected chi connectivity index (χ2v) is 13.9. The Labute approximate surface area is 185 Å². The van der Waals surface area contributed by atoms with Crippen molar-refractivity contribution in [2.45, 2.75) is 92.0 Å². The van der Waals surface area contributed by atoms with E-state index >= 15 is 4.39 Å². The number of allylic oxidation sites excluding steroid dienone is 1. The lowest BCUT2D eigenvalue weighted by Crippen LogP contribution is -2.56. The highest BCUT2D eigenvalue weighted by atomic mass is 31.2. The van der Waals surface area contributed by atoms with E-state index in [9.17, 15) is 19.1 Å². The SMILES string of the molecule is CC(C)(C)C(=O)NC1C[C@]2(C)C3CC[C@]4(C)CCCC4C3CC[C@H]2C(F)=C1P(=O)(O)O. The van der Waals surface area contributed by atoms with Crippen LogP contribution in [0, 0.1) is 39.9 Å². The number of halogens is 1. The van der Waals surface area contributed by atoms with E-state index < -0.39 is 41.5 Å². The lowest BCUT2D eigenvalue weighted by atomic mass is 9.45. The van der Waals surface area contributed by atoms with Gasteiger partial charge in [-0.05, 0) is 73.5 Å². The normalized spacial score (nSPS) is 43.2. The molecule has 4 aliphatic carbocycles. The molecule has 0 heterocycles. The van der Waals surface area contributed by atoms with E-state index in [2.05, 4.69) is 19.2 Å². The highest BCUT2D eigenvalue weighted by Crippen LogP contribution is 2.68. The minimum Gasteiger partial charge on any atom is -0.348 e. The molecule has 7 heteroatoms. The number of hydrogen-bond acceptors (Lipinski definition) is 2. The van der Waals surface area contributed by atoms with Crippen LogP contribution in [0.4, 0.5) is 4.39 Å². The molecule has 4 aliphatic rings. The minimum atomic E-state index is -4.83. The molecule has 0 aliphatic heterocycles. The minimum absolute atomic E-state index is 0.308. The largest absolute Gasteiger partial charge is 0.356 e. The van der Waals surface area contributed by atoms with E-state index in [-0.39, 0.29) is 5.91 Å². The number of amides is 1. The molecule has 3 fully saturated rings. The molecule has 0 radical (unpaired) electrons. The Morgan fingerprint density at radius 2 is 1.77 bits per heavy atom. The Morgan fingerprint density at radius 3 is 2.39 bits per heavy atom. The van der Waals surface area contributed by atoms with Gasteiger partial charge in [0.2, 0.25) is 5.91 Å². The lowest BCUT2D eigenvalue weighted by molar-refractivity contribution is -0.130. The van der Waals surface area contributed by atoms with Gasteiger partial charge in [-0.3, -0.25) is 9.36 Å². The number of fused-ring (bicyclic) bond motifs is 5. The van der Waals surface area contributed by atoms with E-state index in [0.717, 1.165) is 19.3 Å². The molecule has 4 unspecified atom stereocenters. The summed E-state index contributed by atoms with van der Waals surface area (Å²) in [5, 5.41) is 2.35. The summed E-state index contributed by atoms with van der Waals surface area (Å²) in [6, 6.07) is -0.954. The van der Waals surface area contributed by atoms with Gasteiger partial charge in [0, 0.05) is 11.3 Å². The van der Waals surface area contributed by atoms with Crippen molar-refractivity contribution >= 4 is 13.5 Å². The van der Waals surface area contributed by atoms with Crippen molar-refractivity contribution in [2.24, 2.45) is 39.9 Å². The maximum atomic E-state index is 15.9. The second kappa shape index (κ2) is 7.40. The van der Waals surface area contributed by atoms with Gasteiger partial charge >= 0.3 is 7.60 Å². The van der Waals surface area contributed by atoms with Crippen molar-refractivity contribution in [2.75, 3.05) is 0 Å². The molecular weight excluding hydrogens is 416 g/mol. The van der Waals surface area contributed by atoms with E-state index in [1.54, 1.807) is 20.8 Å². The van der Waals surface area contributed by atoms with E-state index in [0.29, 0.717) is 36.0 Å². The van der Waals surface area contributed by atoms with Crippen molar-refractivity contribution in [1.29, 1.82) is 0 Å². The van der Waals surface area contributed by atoms with Crippen LogP contribution in [0.1, 0.15) is 86.0 Å². The van der Waals surface area contributed by atoms with Gasteiger partial charge < -0.3 is 15.1 Å². The first kappa shape index (κ1) is 23.4. The monoisotopic (exact) mass is 455 g/mol. The van der Waals surface area contributed by atoms with Crippen molar-refractivity contribution in [3.05, 3.63) is 11.1 Å². The first-order valence-electron chi connectivity index (χ1n) is 11.9. The van der Waals surface area contributed by atoms with E-state index in [1.807, 2.05) is 0 Å². The van der Waals surface area contributed by atoms with Gasteiger partial charge in [0.1, 0.15) is 5.83 Å². The van der Waals surface area contributed by atoms with Crippen LogP contribution in [-0.4, -0.2) is 21.7 Å². The zero-order valence-corrected chi connectivity index (χ0v) is 20.5. The Bertz CT molecular complexity index is 845. The fraction of sp³-hybridized carbons (Fsp3) is 0.875. The molecule has 4 rings (SSSR count). The summed E-state index contributed by atoms with van der Waals surface area (Å²) in [7, 11) is -4.83. The summed E-state index contributed by atoms with van der Waals surface area (Å²) in [4.78, 5) is 32.8. The molecule has 5 nitrogen and oxygen atoms in total. The Morgan fingerprint density at radius 1 is 1.10 bits per heavy atom. The van der Waals surface area contributed by atoms with Gasteiger partial charge in [-0.2, -0.15) is 0 Å². The Balaban J connectivity index is 1.73. The van der Waals surface area contributed by atoms with Crippen LogP contribution in [0.3, 0.4) is 0 Å². The van der Waals surface area contributed by atoms with E-state index in [1.165, 1.54) is 19.3 Å². The maximum Gasteiger partial charge on any atom is 0.356 e. The van der Waals surface area contributed by atoms with Crippen LogP contribution in [0.25, 0.3) is 0 Å². The number of carbonyl (C=O) groups is 1. The van der Waals surface area contributed by atoms with Gasteiger partial charge in [-0.15, -0.1) is 0 Å². The lowest BCUT2D eigenvalue weighted by Gasteiger charge is -2.60. The zero-order valence-electron chi connectivity index (χ0n) is 19.6. The molecule has 3 saturated carbocycles. The maximum absolute atomic E-state index is 15.9. The molecule has 0 bridgehead atoms. The fourth-order valence-electron chi connectivity index (χ4n) is 7.88. The van der Waals surface area contributed by atoms with Crippen LogP contribution in [0.2, 0.25) is 0 Å². The average Bonchev–Trinajstić information content (AvgIpc) is 3.01.